The fourth-order valence-corrected chi connectivity index (χ4v) is 3.76. The van der Waals surface area contributed by atoms with E-state index in [0.717, 1.165) is 31.1 Å². The topological polar surface area (TPSA) is 41.0 Å². The highest BCUT2D eigenvalue weighted by Crippen LogP contribution is 2.46. The second kappa shape index (κ2) is 6.30. The van der Waals surface area contributed by atoms with Crippen LogP contribution in [0.2, 0.25) is 0 Å². The van der Waals surface area contributed by atoms with Crippen LogP contribution in [-0.4, -0.2) is 29.3 Å². The van der Waals surface area contributed by atoms with Gasteiger partial charge in [0.15, 0.2) is 5.82 Å². The zero-order chi connectivity index (χ0) is 14.7. The number of anilines is 1. The van der Waals surface area contributed by atoms with Crippen molar-refractivity contribution in [1.82, 2.24) is 15.5 Å². The van der Waals surface area contributed by atoms with E-state index in [1.54, 1.807) is 0 Å². The van der Waals surface area contributed by atoms with Crippen molar-refractivity contribution >= 4 is 5.82 Å². The van der Waals surface area contributed by atoms with Gasteiger partial charge in [-0.3, -0.25) is 0 Å². The Morgan fingerprint density at radius 1 is 1.10 bits per heavy atom. The van der Waals surface area contributed by atoms with E-state index in [9.17, 15) is 0 Å². The van der Waals surface area contributed by atoms with Gasteiger partial charge in [0.1, 0.15) is 0 Å². The molecule has 0 amide bonds. The third-order valence-corrected chi connectivity index (χ3v) is 5.21. The Morgan fingerprint density at radius 2 is 1.81 bits per heavy atom. The lowest BCUT2D eigenvalue weighted by Crippen LogP contribution is -2.39. The highest BCUT2D eigenvalue weighted by atomic mass is 15.3. The molecule has 3 rings (SSSR count). The van der Waals surface area contributed by atoms with Crippen molar-refractivity contribution in [3.63, 3.8) is 0 Å². The maximum Gasteiger partial charge on any atom is 0.151 e. The van der Waals surface area contributed by atoms with E-state index in [0.29, 0.717) is 11.5 Å². The largest absolute Gasteiger partial charge is 0.355 e. The number of piperidine rings is 1. The number of nitrogens with one attached hydrogen (secondary N) is 1. The maximum atomic E-state index is 4.43. The van der Waals surface area contributed by atoms with Crippen molar-refractivity contribution in [3.05, 3.63) is 17.8 Å². The van der Waals surface area contributed by atoms with Crippen molar-refractivity contribution in [1.29, 1.82) is 0 Å². The Kier molecular flexibility index (Phi) is 4.43. The molecule has 2 heterocycles. The second-order valence-electron chi connectivity index (χ2n) is 7.11. The summed E-state index contributed by atoms with van der Waals surface area (Å²) in [5.74, 6) is 1.05. The number of hydrogen-bond donors (Lipinski definition) is 1. The van der Waals surface area contributed by atoms with Gasteiger partial charge in [-0.15, -0.1) is 5.10 Å². The summed E-state index contributed by atoms with van der Waals surface area (Å²) in [6, 6.07) is 4.73. The SMILES string of the molecule is CC(C)NCc1ccc(N2CCC3(CCCC3)CC2)nn1. The molecule has 4 nitrogen and oxygen atoms in total. The average molecular weight is 288 g/mol. The summed E-state index contributed by atoms with van der Waals surface area (Å²) in [4.78, 5) is 2.41. The van der Waals surface area contributed by atoms with Crippen LogP contribution in [-0.2, 0) is 6.54 Å². The summed E-state index contributed by atoms with van der Waals surface area (Å²) in [7, 11) is 0. The molecule has 1 aliphatic heterocycles. The summed E-state index contributed by atoms with van der Waals surface area (Å²) in [5.41, 5.74) is 1.70. The highest BCUT2D eigenvalue weighted by molar-refractivity contribution is 5.38. The van der Waals surface area contributed by atoms with E-state index < -0.39 is 0 Å². The molecule has 2 aliphatic rings. The quantitative estimate of drug-likeness (QED) is 0.924. The molecule has 1 spiro atoms. The molecule has 1 aliphatic carbocycles. The molecule has 116 valence electrons. The summed E-state index contributed by atoms with van der Waals surface area (Å²) >= 11 is 0. The normalized spacial score (nSPS) is 21.4. The van der Waals surface area contributed by atoms with Gasteiger partial charge in [-0.05, 0) is 43.2 Å². The van der Waals surface area contributed by atoms with Crippen molar-refractivity contribution in [3.8, 4) is 0 Å². The molecule has 0 atom stereocenters. The van der Waals surface area contributed by atoms with Crippen molar-refractivity contribution in [2.45, 2.75) is 65.0 Å². The molecular formula is C17H28N4. The minimum absolute atomic E-state index is 0.483. The van der Waals surface area contributed by atoms with Gasteiger partial charge < -0.3 is 10.2 Å². The highest BCUT2D eigenvalue weighted by Gasteiger charge is 2.37. The number of aromatic nitrogens is 2. The minimum atomic E-state index is 0.483. The molecule has 1 saturated carbocycles. The van der Waals surface area contributed by atoms with Crippen molar-refractivity contribution in [2.75, 3.05) is 18.0 Å². The summed E-state index contributed by atoms with van der Waals surface area (Å²) in [6.07, 6.45) is 8.46. The van der Waals surface area contributed by atoms with E-state index >= 15 is 0 Å². The summed E-state index contributed by atoms with van der Waals surface area (Å²) in [5, 5.41) is 12.2. The lowest BCUT2D eigenvalue weighted by molar-refractivity contribution is 0.226. The predicted molar refractivity (Wildman–Crippen MR) is 86.4 cm³/mol. The number of rotatable bonds is 4. The third kappa shape index (κ3) is 3.54. The monoisotopic (exact) mass is 288 g/mol. The second-order valence-corrected chi connectivity index (χ2v) is 7.11. The zero-order valence-electron chi connectivity index (χ0n) is 13.4. The van der Waals surface area contributed by atoms with Gasteiger partial charge in [0.25, 0.3) is 0 Å². The third-order valence-electron chi connectivity index (χ3n) is 5.21. The van der Waals surface area contributed by atoms with Crippen LogP contribution in [0.15, 0.2) is 12.1 Å². The lowest BCUT2D eigenvalue weighted by Gasteiger charge is -2.39. The zero-order valence-corrected chi connectivity index (χ0v) is 13.4. The number of hydrogen-bond acceptors (Lipinski definition) is 4. The predicted octanol–water partition coefficient (Wildman–Crippen LogP) is 3.14. The Hall–Kier alpha value is -1.16. The van der Waals surface area contributed by atoms with Gasteiger partial charge >= 0.3 is 0 Å². The van der Waals surface area contributed by atoms with E-state index in [1.807, 2.05) is 0 Å². The molecule has 21 heavy (non-hydrogen) atoms. The van der Waals surface area contributed by atoms with Gasteiger partial charge in [0.05, 0.1) is 5.69 Å². The summed E-state index contributed by atoms with van der Waals surface area (Å²) < 4.78 is 0. The first-order chi connectivity index (χ1) is 10.2. The van der Waals surface area contributed by atoms with Gasteiger partial charge in [-0.2, -0.15) is 5.10 Å². The molecule has 0 unspecified atom stereocenters. The molecule has 4 heteroatoms. The molecule has 1 N–H and O–H groups in total. The van der Waals surface area contributed by atoms with Crippen LogP contribution in [0.1, 0.15) is 58.1 Å². The fraction of sp³-hybridized carbons (Fsp3) is 0.765. The van der Waals surface area contributed by atoms with Crippen LogP contribution in [0, 0.1) is 5.41 Å². The fourth-order valence-electron chi connectivity index (χ4n) is 3.76. The van der Waals surface area contributed by atoms with Crippen molar-refractivity contribution < 1.29 is 0 Å². The Labute approximate surface area is 128 Å². The maximum absolute atomic E-state index is 4.43. The molecule has 0 radical (unpaired) electrons. The van der Waals surface area contributed by atoms with E-state index in [4.69, 9.17) is 0 Å². The Morgan fingerprint density at radius 3 is 2.38 bits per heavy atom. The van der Waals surface area contributed by atoms with Gasteiger partial charge in [-0.25, -0.2) is 0 Å². The van der Waals surface area contributed by atoms with Gasteiger partial charge in [0, 0.05) is 25.7 Å². The first-order valence-electron chi connectivity index (χ1n) is 8.48. The lowest BCUT2D eigenvalue weighted by atomic mass is 9.77. The standard InChI is InChI=1S/C17H28N4/c1-14(2)18-13-15-5-6-16(20-19-15)21-11-9-17(10-12-21)7-3-4-8-17/h5-6,14,18H,3-4,7-13H2,1-2H3. The van der Waals surface area contributed by atoms with E-state index in [1.165, 1.54) is 38.5 Å². The summed E-state index contributed by atoms with van der Waals surface area (Å²) in [6.45, 7) is 7.40. The van der Waals surface area contributed by atoms with Crippen LogP contribution >= 0.6 is 0 Å². The molecule has 1 aromatic rings. The molecule has 0 aromatic carbocycles. The van der Waals surface area contributed by atoms with Crippen molar-refractivity contribution in [2.24, 2.45) is 5.41 Å². The number of nitrogens with zero attached hydrogens (tertiary/aromatic N) is 3. The molecular weight excluding hydrogens is 260 g/mol. The minimum Gasteiger partial charge on any atom is -0.355 e. The first kappa shape index (κ1) is 14.8. The molecule has 1 saturated heterocycles. The van der Waals surface area contributed by atoms with Crippen LogP contribution in [0.3, 0.4) is 0 Å². The van der Waals surface area contributed by atoms with Crippen LogP contribution < -0.4 is 10.2 Å². The smallest absolute Gasteiger partial charge is 0.151 e. The van der Waals surface area contributed by atoms with Gasteiger partial charge in [0.2, 0.25) is 0 Å². The van der Waals surface area contributed by atoms with E-state index in [2.05, 4.69) is 46.4 Å². The van der Waals surface area contributed by atoms with Crippen LogP contribution in [0.4, 0.5) is 5.82 Å². The van der Waals surface area contributed by atoms with Crippen LogP contribution in [0.25, 0.3) is 0 Å². The molecule has 0 bridgehead atoms. The Balaban J connectivity index is 1.55. The van der Waals surface area contributed by atoms with E-state index in [-0.39, 0.29) is 0 Å². The molecule has 2 fully saturated rings. The average Bonchev–Trinajstić information content (AvgIpc) is 2.95. The first-order valence-corrected chi connectivity index (χ1v) is 8.48. The van der Waals surface area contributed by atoms with Gasteiger partial charge in [-0.1, -0.05) is 26.7 Å². The Bertz CT molecular complexity index is 438. The molecule has 1 aromatic heterocycles. The van der Waals surface area contributed by atoms with Crippen LogP contribution in [0.5, 0.6) is 0 Å².